The normalized spacial score (nSPS) is 12.0. The van der Waals surface area contributed by atoms with Gasteiger partial charge in [0.2, 0.25) is 0 Å². The van der Waals surface area contributed by atoms with E-state index in [1.165, 1.54) is 35.7 Å². The SMILES string of the molecule is CCOC(=O)[C@H](C)Sc1nnc(CSc2nc(C)cc(C)n2)n1-c1ccc(F)cc1. The second-order valence-corrected chi connectivity index (χ2v) is 8.70. The maximum atomic E-state index is 13.4. The van der Waals surface area contributed by atoms with Crippen LogP contribution in [0.25, 0.3) is 5.69 Å². The third-order valence-electron chi connectivity index (χ3n) is 3.98. The Hall–Kier alpha value is -2.46. The number of hydrogen-bond donors (Lipinski definition) is 0. The number of hydrogen-bond acceptors (Lipinski definition) is 8. The lowest BCUT2D eigenvalue weighted by Crippen LogP contribution is -2.17. The Bertz CT molecular complexity index is 1010. The molecule has 0 saturated heterocycles. The number of ether oxygens (including phenoxy) is 1. The number of nitrogens with zero attached hydrogens (tertiary/aromatic N) is 5. The number of esters is 1. The standard InChI is InChI=1S/C20H22FN5O2S2/c1-5-28-18(27)14(4)30-20-25-24-17(26(20)16-8-6-15(21)7-9-16)11-29-19-22-12(2)10-13(3)23-19/h6-10,14H,5,11H2,1-4H3/t14-/m0/s1. The van der Waals surface area contributed by atoms with Gasteiger partial charge in [-0.3, -0.25) is 9.36 Å². The monoisotopic (exact) mass is 447 g/mol. The summed E-state index contributed by atoms with van der Waals surface area (Å²) in [6, 6.07) is 7.97. The predicted octanol–water partition coefficient (Wildman–Crippen LogP) is 4.15. The Morgan fingerprint density at radius 3 is 2.47 bits per heavy atom. The first kappa shape index (κ1) is 22.2. The van der Waals surface area contributed by atoms with Crippen molar-refractivity contribution >= 4 is 29.5 Å². The van der Waals surface area contributed by atoms with Crippen LogP contribution in [0.3, 0.4) is 0 Å². The van der Waals surface area contributed by atoms with Crippen molar-refractivity contribution in [1.82, 2.24) is 24.7 Å². The van der Waals surface area contributed by atoms with Gasteiger partial charge in [-0.2, -0.15) is 0 Å². The fourth-order valence-electron chi connectivity index (χ4n) is 2.67. The fourth-order valence-corrected chi connectivity index (χ4v) is 4.42. The van der Waals surface area contributed by atoms with Crippen LogP contribution in [0.4, 0.5) is 4.39 Å². The van der Waals surface area contributed by atoms with Crippen molar-refractivity contribution in [2.24, 2.45) is 0 Å². The van der Waals surface area contributed by atoms with Gasteiger partial charge in [0.1, 0.15) is 16.9 Å². The zero-order chi connectivity index (χ0) is 21.7. The van der Waals surface area contributed by atoms with Gasteiger partial charge in [-0.05, 0) is 58.0 Å². The fraction of sp³-hybridized carbons (Fsp3) is 0.350. The summed E-state index contributed by atoms with van der Waals surface area (Å²) in [6.45, 7) is 7.67. The number of thioether (sulfide) groups is 2. The number of aromatic nitrogens is 5. The summed E-state index contributed by atoms with van der Waals surface area (Å²) in [4.78, 5) is 20.9. The third-order valence-corrected chi connectivity index (χ3v) is 5.84. The highest BCUT2D eigenvalue weighted by Gasteiger charge is 2.22. The molecule has 0 spiro atoms. The van der Waals surface area contributed by atoms with Crippen LogP contribution in [0.2, 0.25) is 0 Å². The summed E-state index contributed by atoms with van der Waals surface area (Å²) in [5, 5.41) is 9.28. The largest absolute Gasteiger partial charge is 0.465 e. The molecule has 0 bridgehead atoms. The molecule has 10 heteroatoms. The van der Waals surface area contributed by atoms with Crippen LogP contribution >= 0.6 is 23.5 Å². The summed E-state index contributed by atoms with van der Waals surface area (Å²) >= 11 is 2.69. The van der Waals surface area contributed by atoms with Gasteiger partial charge in [0, 0.05) is 17.1 Å². The molecule has 1 aromatic carbocycles. The van der Waals surface area contributed by atoms with Gasteiger partial charge in [-0.1, -0.05) is 23.5 Å². The second-order valence-electron chi connectivity index (χ2n) is 6.44. The Kier molecular flexibility index (Phi) is 7.43. The lowest BCUT2D eigenvalue weighted by Gasteiger charge is -2.13. The zero-order valence-corrected chi connectivity index (χ0v) is 18.8. The smallest absolute Gasteiger partial charge is 0.319 e. The van der Waals surface area contributed by atoms with Crippen molar-refractivity contribution in [2.45, 2.75) is 49.0 Å². The lowest BCUT2D eigenvalue weighted by molar-refractivity contribution is -0.142. The average Bonchev–Trinajstić information content (AvgIpc) is 3.09. The van der Waals surface area contributed by atoms with Gasteiger partial charge in [-0.15, -0.1) is 10.2 Å². The second kappa shape index (κ2) is 10.0. The van der Waals surface area contributed by atoms with E-state index in [1.807, 2.05) is 24.5 Å². The molecule has 158 valence electrons. The minimum absolute atomic E-state index is 0.312. The molecule has 3 aromatic rings. The summed E-state index contributed by atoms with van der Waals surface area (Å²) < 4.78 is 20.3. The first-order chi connectivity index (χ1) is 14.4. The van der Waals surface area contributed by atoms with E-state index >= 15 is 0 Å². The van der Waals surface area contributed by atoms with E-state index < -0.39 is 5.25 Å². The number of rotatable bonds is 8. The molecular formula is C20H22FN5O2S2. The minimum Gasteiger partial charge on any atom is -0.465 e. The quantitative estimate of drug-likeness (QED) is 0.289. The Balaban J connectivity index is 1.89. The van der Waals surface area contributed by atoms with Crippen molar-refractivity contribution < 1.29 is 13.9 Å². The van der Waals surface area contributed by atoms with Crippen LogP contribution in [-0.4, -0.2) is 42.6 Å². The van der Waals surface area contributed by atoms with Crippen LogP contribution in [0.1, 0.15) is 31.1 Å². The van der Waals surface area contributed by atoms with E-state index in [-0.39, 0.29) is 11.8 Å². The highest BCUT2D eigenvalue weighted by molar-refractivity contribution is 8.00. The number of benzene rings is 1. The van der Waals surface area contributed by atoms with Crippen LogP contribution < -0.4 is 0 Å². The first-order valence-electron chi connectivity index (χ1n) is 9.36. The van der Waals surface area contributed by atoms with Crippen molar-refractivity contribution in [3.63, 3.8) is 0 Å². The molecule has 3 rings (SSSR count). The van der Waals surface area contributed by atoms with Crippen molar-refractivity contribution in [3.8, 4) is 5.69 Å². The molecule has 0 saturated carbocycles. The molecule has 2 heterocycles. The molecule has 0 unspecified atom stereocenters. The molecule has 0 aliphatic rings. The molecule has 7 nitrogen and oxygen atoms in total. The van der Waals surface area contributed by atoms with Gasteiger partial charge in [0.25, 0.3) is 0 Å². The molecule has 2 aromatic heterocycles. The molecule has 0 radical (unpaired) electrons. The number of halogens is 1. The van der Waals surface area contributed by atoms with Crippen LogP contribution in [0.5, 0.6) is 0 Å². The van der Waals surface area contributed by atoms with E-state index in [0.29, 0.717) is 34.2 Å². The molecule has 1 atom stereocenters. The topological polar surface area (TPSA) is 82.8 Å². The third kappa shape index (κ3) is 5.57. The van der Waals surface area contributed by atoms with Gasteiger partial charge in [0.15, 0.2) is 10.3 Å². The zero-order valence-electron chi connectivity index (χ0n) is 17.1. The van der Waals surface area contributed by atoms with E-state index in [4.69, 9.17) is 4.74 Å². The van der Waals surface area contributed by atoms with Crippen LogP contribution in [0.15, 0.2) is 40.6 Å². The minimum atomic E-state index is -0.461. The average molecular weight is 448 g/mol. The first-order valence-corrected chi connectivity index (χ1v) is 11.2. The Labute approximate surface area is 182 Å². The maximum absolute atomic E-state index is 13.4. The summed E-state index contributed by atoms with van der Waals surface area (Å²) in [6.07, 6.45) is 0. The van der Waals surface area contributed by atoms with E-state index in [2.05, 4.69) is 20.2 Å². The van der Waals surface area contributed by atoms with Crippen LogP contribution in [-0.2, 0) is 15.3 Å². The number of carbonyl (C=O) groups is 1. The summed E-state index contributed by atoms with van der Waals surface area (Å²) in [7, 11) is 0. The summed E-state index contributed by atoms with van der Waals surface area (Å²) in [5.41, 5.74) is 2.49. The summed E-state index contributed by atoms with van der Waals surface area (Å²) in [5.74, 6) is 0.450. The highest BCUT2D eigenvalue weighted by Crippen LogP contribution is 2.29. The molecule has 0 fully saturated rings. The molecular weight excluding hydrogens is 425 g/mol. The molecule has 0 amide bonds. The van der Waals surface area contributed by atoms with Gasteiger partial charge >= 0.3 is 5.97 Å². The van der Waals surface area contributed by atoms with Crippen molar-refractivity contribution in [3.05, 3.63) is 53.4 Å². The molecule has 0 aliphatic carbocycles. The number of carbonyl (C=O) groups excluding carboxylic acids is 1. The van der Waals surface area contributed by atoms with Gasteiger partial charge < -0.3 is 4.74 Å². The Morgan fingerprint density at radius 2 is 1.83 bits per heavy atom. The molecule has 30 heavy (non-hydrogen) atoms. The molecule has 0 aliphatic heterocycles. The van der Waals surface area contributed by atoms with E-state index in [1.54, 1.807) is 26.0 Å². The van der Waals surface area contributed by atoms with Gasteiger partial charge in [-0.25, -0.2) is 14.4 Å². The Morgan fingerprint density at radius 1 is 1.17 bits per heavy atom. The van der Waals surface area contributed by atoms with E-state index in [0.717, 1.165) is 11.4 Å². The van der Waals surface area contributed by atoms with Gasteiger partial charge in [0.05, 0.1) is 12.4 Å². The number of aryl methyl sites for hydroxylation is 2. The predicted molar refractivity (Wildman–Crippen MR) is 114 cm³/mol. The van der Waals surface area contributed by atoms with Crippen molar-refractivity contribution in [1.29, 1.82) is 0 Å². The van der Waals surface area contributed by atoms with Crippen LogP contribution in [0, 0.1) is 19.7 Å². The van der Waals surface area contributed by atoms with E-state index in [9.17, 15) is 9.18 Å². The highest BCUT2D eigenvalue weighted by atomic mass is 32.2. The maximum Gasteiger partial charge on any atom is 0.319 e. The lowest BCUT2D eigenvalue weighted by atomic mass is 10.3. The molecule has 0 N–H and O–H groups in total. The van der Waals surface area contributed by atoms with Crippen molar-refractivity contribution in [2.75, 3.05) is 6.61 Å².